The van der Waals surface area contributed by atoms with Crippen LogP contribution in [-0.2, 0) is 11.3 Å². The van der Waals surface area contributed by atoms with Crippen LogP contribution < -0.4 is 10.9 Å². The van der Waals surface area contributed by atoms with Gasteiger partial charge in [0.1, 0.15) is 6.61 Å². The maximum absolute atomic E-state index is 12.5. The number of carbonyl (C=O) groups is 1. The van der Waals surface area contributed by atoms with Gasteiger partial charge in [-0.25, -0.2) is 9.78 Å². The van der Waals surface area contributed by atoms with Crippen LogP contribution in [0.5, 0.6) is 0 Å². The minimum atomic E-state index is -0.553. The fraction of sp³-hybridized carbons (Fsp3) is 0.0500. The summed E-state index contributed by atoms with van der Waals surface area (Å²) in [5.41, 5.74) is 2.07. The van der Waals surface area contributed by atoms with E-state index in [1.165, 1.54) is 17.4 Å². The lowest BCUT2D eigenvalue weighted by atomic mass is 10.1. The third kappa shape index (κ3) is 3.88. The van der Waals surface area contributed by atoms with Gasteiger partial charge in [0.05, 0.1) is 11.3 Å². The van der Waals surface area contributed by atoms with E-state index in [1.54, 1.807) is 24.3 Å². The number of nitrogens with one attached hydrogen (secondary N) is 2. The molecule has 2 aromatic heterocycles. The summed E-state index contributed by atoms with van der Waals surface area (Å²) in [6.07, 6.45) is 0. The number of rotatable bonds is 5. The molecule has 0 saturated carbocycles. The number of carbonyl (C=O) groups excluding carboxylic acids is 1. The standard InChI is InChI=1S/C20H15N3O3S/c24-18-10-16(15-8-4-5-9-17(15)23-18)19(25)26-11-14-12-27-20(22-14)21-13-6-2-1-3-7-13/h1-10,12H,11H2,(H,21,22)(H,23,24). The van der Waals surface area contributed by atoms with Crippen molar-refractivity contribution in [3.63, 3.8) is 0 Å². The molecular weight excluding hydrogens is 362 g/mol. The Kier molecular flexibility index (Phi) is 4.67. The number of thiazole rings is 1. The maximum Gasteiger partial charge on any atom is 0.339 e. The fourth-order valence-electron chi connectivity index (χ4n) is 2.67. The van der Waals surface area contributed by atoms with Gasteiger partial charge in [0.15, 0.2) is 5.13 Å². The molecule has 134 valence electrons. The molecule has 0 aliphatic carbocycles. The Morgan fingerprint density at radius 1 is 1.11 bits per heavy atom. The number of para-hydroxylation sites is 2. The molecule has 0 unspecified atom stereocenters. The Hall–Kier alpha value is -3.45. The van der Waals surface area contributed by atoms with Gasteiger partial charge in [-0.3, -0.25) is 4.79 Å². The number of pyridine rings is 1. The fourth-order valence-corrected chi connectivity index (χ4v) is 3.38. The quantitative estimate of drug-likeness (QED) is 0.512. The first-order valence-electron chi connectivity index (χ1n) is 8.25. The number of aromatic nitrogens is 2. The van der Waals surface area contributed by atoms with Crippen molar-refractivity contribution < 1.29 is 9.53 Å². The molecule has 0 radical (unpaired) electrons. The van der Waals surface area contributed by atoms with Crippen LogP contribution in [0.3, 0.4) is 0 Å². The van der Waals surface area contributed by atoms with Gasteiger partial charge in [-0.15, -0.1) is 11.3 Å². The van der Waals surface area contributed by atoms with E-state index in [2.05, 4.69) is 15.3 Å². The maximum atomic E-state index is 12.5. The van der Waals surface area contributed by atoms with Crippen LogP contribution in [0.2, 0.25) is 0 Å². The molecule has 0 fully saturated rings. The zero-order valence-electron chi connectivity index (χ0n) is 14.1. The summed E-state index contributed by atoms with van der Waals surface area (Å²) >= 11 is 1.43. The number of H-pyrrole nitrogens is 1. The average Bonchev–Trinajstić information content (AvgIpc) is 3.13. The second-order valence-electron chi connectivity index (χ2n) is 5.80. The molecule has 4 aromatic rings. The van der Waals surface area contributed by atoms with Crippen molar-refractivity contribution >= 4 is 39.0 Å². The predicted octanol–water partition coefficient (Wildman–Crippen LogP) is 4.09. The second kappa shape index (κ2) is 7.43. The van der Waals surface area contributed by atoms with E-state index in [4.69, 9.17) is 4.74 Å². The van der Waals surface area contributed by atoms with Crippen molar-refractivity contribution in [3.05, 3.63) is 87.7 Å². The number of nitrogens with zero attached hydrogens (tertiary/aromatic N) is 1. The lowest BCUT2D eigenvalue weighted by Gasteiger charge is -2.06. The molecule has 6 nitrogen and oxygen atoms in total. The summed E-state index contributed by atoms with van der Waals surface area (Å²) in [6, 6.07) is 18.1. The van der Waals surface area contributed by atoms with Crippen LogP contribution in [0.25, 0.3) is 10.9 Å². The lowest BCUT2D eigenvalue weighted by molar-refractivity contribution is 0.0470. The summed E-state index contributed by atoms with van der Waals surface area (Å²) in [7, 11) is 0. The van der Waals surface area contributed by atoms with Gasteiger partial charge in [0.25, 0.3) is 0 Å². The Bertz CT molecular complexity index is 1150. The molecule has 0 aliphatic rings. The minimum Gasteiger partial charge on any atom is -0.456 e. The summed E-state index contributed by atoms with van der Waals surface area (Å²) < 4.78 is 5.37. The average molecular weight is 377 g/mol. The highest BCUT2D eigenvalue weighted by molar-refractivity contribution is 7.13. The SMILES string of the molecule is O=C(OCc1csc(Nc2ccccc2)n1)c1cc(=O)[nH]c2ccccc12. The smallest absolute Gasteiger partial charge is 0.339 e. The molecule has 2 aromatic carbocycles. The van der Waals surface area contributed by atoms with Gasteiger partial charge in [-0.1, -0.05) is 36.4 Å². The number of anilines is 2. The van der Waals surface area contributed by atoms with Crippen LogP contribution in [0.4, 0.5) is 10.8 Å². The van der Waals surface area contributed by atoms with Crippen LogP contribution in [0.1, 0.15) is 16.1 Å². The van der Waals surface area contributed by atoms with E-state index in [0.717, 1.165) is 5.69 Å². The van der Waals surface area contributed by atoms with E-state index >= 15 is 0 Å². The van der Waals surface area contributed by atoms with E-state index < -0.39 is 5.97 Å². The first-order chi connectivity index (χ1) is 13.2. The van der Waals surface area contributed by atoms with Gasteiger partial charge in [0, 0.05) is 28.0 Å². The van der Waals surface area contributed by atoms with Gasteiger partial charge in [-0.2, -0.15) is 0 Å². The molecule has 0 saturated heterocycles. The molecule has 0 spiro atoms. The molecule has 0 amide bonds. The number of benzene rings is 2. The van der Waals surface area contributed by atoms with E-state index in [1.807, 2.05) is 35.7 Å². The molecule has 2 N–H and O–H groups in total. The monoisotopic (exact) mass is 377 g/mol. The van der Waals surface area contributed by atoms with Crippen LogP contribution in [-0.4, -0.2) is 15.9 Å². The van der Waals surface area contributed by atoms with Crippen LogP contribution in [0, 0.1) is 0 Å². The largest absolute Gasteiger partial charge is 0.456 e. The Morgan fingerprint density at radius 3 is 2.74 bits per heavy atom. The van der Waals surface area contributed by atoms with Crippen molar-refractivity contribution in [1.29, 1.82) is 0 Å². The van der Waals surface area contributed by atoms with Crippen molar-refractivity contribution in [3.8, 4) is 0 Å². The van der Waals surface area contributed by atoms with Crippen molar-refractivity contribution in [2.24, 2.45) is 0 Å². The zero-order valence-corrected chi connectivity index (χ0v) is 15.0. The van der Waals surface area contributed by atoms with Crippen LogP contribution >= 0.6 is 11.3 Å². The molecule has 27 heavy (non-hydrogen) atoms. The number of ether oxygens (including phenoxy) is 1. The Morgan fingerprint density at radius 2 is 1.89 bits per heavy atom. The molecule has 4 rings (SSSR count). The number of esters is 1. The predicted molar refractivity (Wildman–Crippen MR) is 106 cm³/mol. The third-order valence-corrected chi connectivity index (χ3v) is 4.70. The van der Waals surface area contributed by atoms with E-state index in [0.29, 0.717) is 21.7 Å². The molecular formula is C20H15N3O3S. The highest BCUT2D eigenvalue weighted by Gasteiger charge is 2.14. The number of hydrogen-bond acceptors (Lipinski definition) is 6. The zero-order chi connectivity index (χ0) is 18.6. The first-order valence-corrected chi connectivity index (χ1v) is 9.13. The van der Waals surface area contributed by atoms with Gasteiger partial charge < -0.3 is 15.0 Å². The van der Waals surface area contributed by atoms with Crippen molar-refractivity contribution in [2.45, 2.75) is 6.61 Å². The molecule has 0 atom stereocenters. The molecule has 2 heterocycles. The number of aromatic amines is 1. The van der Waals surface area contributed by atoms with Gasteiger partial charge in [-0.05, 0) is 18.2 Å². The van der Waals surface area contributed by atoms with Crippen LogP contribution in [0.15, 0.2) is 70.8 Å². The van der Waals surface area contributed by atoms with Gasteiger partial charge in [0.2, 0.25) is 5.56 Å². The van der Waals surface area contributed by atoms with Gasteiger partial charge >= 0.3 is 5.97 Å². The third-order valence-electron chi connectivity index (χ3n) is 3.90. The Labute approximate surface area is 158 Å². The van der Waals surface area contributed by atoms with E-state index in [-0.39, 0.29) is 17.7 Å². The van der Waals surface area contributed by atoms with Crippen molar-refractivity contribution in [2.75, 3.05) is 5.32 Å². The first kappa shape index (κ1) is 17.0. The highest BCUT2D eigenvalue weighted by atomic mass is 32.1. The van der Waals surface area contributed by atoms with E-state index in [9.17, 15) is 9.59 Å². The number of hydrogen-bond donors (Lipinski definition) is 2. The summed E-state index contributed by atoms with van der Waals surface area (Å²) in [4.78, 5) is 31.4. The minimum absolute atomic E-state index is 0.0347. The van der Waals surface area contributed by atoms with Crippen molar-refractivity contribution in [1.82, 2.24) is 9.97 Å². The summed E-state index contributed by atoms with van der Waals surface area (Å²) in [5, 5.41) is 6.39. The summed E-state index contributed by atoms with van der Waals surface area (Å²) in [5.74, 6) is -0.553. The number of fused-ring (bicyclic) bond motifs is 1. The normalized spacial score (nSPS) is 10.7. The molecule has 0 bridgehead atoms. The summed E-state index contributed by atoms with van der Waals surface area (Å²) in [6.45, 7) is 0.0347. The Balaban J connectivity index is 1.47. The molecule has 7 heteroatoms. The highest BCUT2D eigenvalue weighted by Crippen LogP contribution is 2.22. The topological polar surface area (TPSA) is 84.1 Å². The molecule has 0 aliphatic heterocycles. The second-order valence-corrected chi connectivity index (χ2v) is 6.66. The lowest BCUT2D eigenvalue weighted by Crippen LogP contribution is -2.13.